The lowest BCUT2D eigenvalue weighted by Gasteiger charge is -2.07. The molecule has 0 heterocycles. The lowest BCUT2D eigenvalue weighted by molar-refractivity contribution is 0.0997. The molecule has 0 radical (unpaired) electrons. The van der Waals surface area contributed by atoms with Gasteiger partial charge in [0.1, 0.15) is 10.7 Å². The third-order valence-corrected chi connectivity index (χ3v) is 4.08. The fourth-order valence-electron chi connectivity index (χ4n) is 1.63. The number of Topliss-reactive ketones (excluding diaryl/α,β-unsaturated/α-hetero) is 1. The van der Waals surface area contributed by atoms with Crippen molar-refractivity contribution in [1.82, 2.24) is 4.72 Å². The molecule has 0 aromatic heterocycles. The van der Waals surface area contributed by atoms with Crippen molar-refractivity contribution < 1.29 is 17.6 Å². The highest BCUT2D eigenvalue weighted by Crippen LogP contribution is 2.13. The summed E-state index contributed by atoms with van der Waals surface area (Å²) in [5.41, 5.74) is 0.392. The van der Waals surface area contributed by atoms with Gasteiger partial charge in [-0.2, -0.15) is 0 Å². The van der Waals surface area contributed by atoms with E-state index in [-0.39, 0.29) is 5.78 Å². The summed E-state index contributed by atoms with van der Waals surface area (Å²) in [6, 6.07) is 13.3. The minimum atomic E-state index is -4.04. The maximum absolute atomic E-state index is 13.4. The number of benzene rings is 2. The summed E-state index contributed by atoms with van der Waals surface area (Å²) in [5, 5.41) is 0. The highest BCUT2D eigenvalue weighted by Gasteiger charge is 2.19. The normalized spacial score (nSPS) is 11.2. The highest BCUT2D eigenvalue weighted by molar-refractivity contribution is 7.89. The molecule has 0 aliphatic rings. The quantitative estimate of drug-likeness (QED) is 0.857. The van der Waals surface area contributed by atoms with Crippen molar-refractivity contribution in [3.05, 3.63) is 66.0 Å². The molecule has 1 N–H and O–H groups in total. The molecule has 20 heavy (non-hydrogen) atoms. The van der Waals surface area contributed by atoms with Gasteiger partial charge in [-0.1, -0.05) is 42.5 Å². The van der Waals surface area contributed by atoms with Crippen molar-refractivity contribution in [2.75, 3.05) is 6.54 Å². The number of hydrogen-bond donors (Lipinski definition) is 1. The third kappa shape index (κ3) is 3.28. The minimum absolute atomic E-state index is 0.384. The highest BCUT2D eigenvalue weighted by atomic mass is 32.2. The van der Waals surface area contributed by atoms with Crippen LogP contribution in [0.15, 0.2) is 59.5 Å². The average Bonchev–Trinajstić information content (AvgIpc) is 2.46. The van der Waals surface area contributed by atoms with Crippen LogP contribution >= 0.6 is 0 Å². The molecule has 2 aromatic carbocycles. The molecular formula is C14H12FNO3S. The number of sulfonamides is 1. The van der Waals surface area contributed by atoms with E-state index in [1.165, 1.54) is 12.1 Å². The molecule has 0 unspecified atom stereocenters. The van der Waals surface area contributed by atoms with Crippen LogP contribution in [-0.4, -0.2) is 20.7 Å². The van der Waals surface area contributed by atoms with Gasteiger partial charge in [0, 0.05) is 5.56 Å². The second kappa shape index (κ2) is 5.94. The van der Waals surface area contributed by atoms with Gasteiger partial charge in [0.15, 0.2) is 5.78 Å². The predicted octanol–water partition coefficient (Wildman–Crippen LogP) is 1.99. The van der Waals surface area contributed by atoms with Crippen molar-refractivity contribution in [1.29, 1.82) is 0 Å². The van der Waals surface area contributed by atoms with Crippen molar-refractivity contribution in [2.24, 2.45) is 0 Å². The molecule has 0 bridgehead atoms. The molecule has 2 rings (SSSR count). The SMILES string of the molecule is O=C(CNS(=O)(=O)c1ccccc1F)c1ccccc1. The Labute approximate surface area is 116 Å². The van der Waals surface area contributed by atoms with Crippen LogP contribution in [0.25, 0.3) is 0 Å². The number of carbonyl (C=O) groups is 1. The summed E-state index contributed by atoms with van der Waals surface area (Å²) in [6.45, 7) is -0.416. The number of carbonyl (C=O) groups excluding carboxylic acids is 1. The number of ketones is 1. The van der Waals surface area contributed by atoms with Gasteiger partial charge < -0.3 is 0 Å². The summed E-state index contributed by atoms with van der Waals surface area (Å²) < 4.78 is 39.3. The number of rotatable bonds is 5. The molecule has 0 spiro atoms. The van der Waals surface area contributed by atoms with Crippen molar-refractivity contribution >= 4 is 15.8 Å². The number of halogens is 1. The molecule has 0 atom stereocenters. The first-order valence-electron chi connectivity index (χ1n) is 5.83. The van der Waals surface area contributed by atoms with E-state index >= 15 is 0 Å². The molecule has 0 saturated carbocycles. The Hall–Kier alpha value is -2.05. The van der Waals surface area contributed by atoms with Gasteiger partial charge in [0.05, 0.1) is 6.54 Å². The molecule has 104 valence electrons. The van der Waals surface area contributed by atoms with Crippen LogP contribution in [0.4, 0.5) is 4.39 Å². The first kappa shape index (κ1) is 14.4. The van der Waals surface area contributed by atoms with Gasteiger partial charge >= 0.3 is 0 Å². The van der Waals surface area contributed by atoms with Crippen molar-refractivity contribution in [3.8, 4) is 0 Å². The zero-order chi connectivity index (χ0) is 14.6. The van der Waals surface area contributed by atoms with Crippen LogP contribution in [0.3, 0.4) is 0 Å². The van der Waals surface area contributed by atoms with E-state index < -0.39 is 27.3 Å². The van der Waals surface area contributed by atoms with Gasteiger partial charge in [0.2, 0.25) is 10.0 Å². The van der Waals surface area contributed by atoms with Crippen LogP contribution in [0.2, 0.25) is 0 Å². The summed E-state index contributed by atoms with van der Waals surface area (Å²) in [7, 11) is -4.04. The van der Waals surface area contributed by atoms with Crippen molar-refractivity contribution in [2.45, 2.75) is 4.90 Å². The van der Waals surface area contributed by atoms with E-state index in [0.717, 1.165) is 12.1 Å². The average molecular weight is 293 g/mol. The van der Waals surface area contributed by atoms with Crippen LogP contribution in [0, 0.1) is 5.82 Å². The van der Waals surface area contributed by atoms with E-state index in [4.69, 9.17) is 0 Å². The Morgan fingerprint density at radius 2 is 1.60 bits per heavy atom. The molecule has 0 fully saturated rings. The van der Waals surface area contributed by atoms with Crippen LogP contribution in [0.5, 0.6) is 0 Å². The molecule has 0 aliphatic carbocycles. The van der Waals surface area contributed by atoms with Crippen LogP contribution < -0.4 is 4.72 Å². The zero-order valence-corrected chi connectivity index (χ0v) is 11.2. The molecule has 6 heteroatoms. The van der Waals surface area contributed by atoms with Crippen LogP contribution in [-0.2, 0) is 10.0 Å². The van der Waals surface area contributed by atoms with E-state index in [1.807, 2.05) is 0 Å². The van der Waals surface area contributed by atoms with E-state index in [2.05, 4.69) is 4.72 Å². The fraction of sp³-hybridized carbons (Fsp3) is 0.0714. The largest absolute Gasteiger partial charge is 0.293 e. The van der Waals surface area contributed by atoms with Gasteiger partial charge in [-0.25, -0.2) is 17.5 Å². The van der Waals surface area contributed by atoms with E-state index in [9.17, 15) is 17.6 Å². The molecule has 0 aliphatic heterocycles. The number of hydrogen-bond acceptors (Lipinski definition) is 3. The Kier molecular flexibility index (Phi) is 4.26. The first-order valence-corrected chi connectivity index (χ1v) is 7.31. The Morgan fingerprint density at radius 1 is 1.00 bits per heavy atom. The lowest BCUT2D eigenvalue weighted by atomic mass is 10.1. The predicted molar refractivity (Wildman–Crippen MR) is 72.4 cm³/mol. The molecular weight excluding hydrogens is 281 g/mol. The number of nitrogens with one attached hydrogen (secondary N) is 1. The monoisotopic (exact) mass is 293 g/mol. The second-order valence-electron chi connectivity index (χ2n) is 4.04. The molecule has 0 saturated heterocycles. The topological polar surface area (TPSA) is 63.2 Å². The maximum Gasteiger partial charge on any atom is 0.243 e. The first-order chi connectivity index (χ1) is 9.50. The Morgan fingerprint density at radius 3 is 2.25 bits per heavy atom. The Bertz CT molecular complexity index is 714. The summed E-state index contributed by atoms with van der Waals surface area (Å²) in [4.78, 5) is 11.3. The summed E-state index contributed by atoms with van der Waals surface area (Å²) in [6.07, 6.45) is 0. The lowest BCUT2D eigenvalue weighted by Crippen LogP contribution is -2.30. The maximum atomic E-state index is 13.4. The Balaban J connectivity index is 2.11. The zero-order valence-electron chi connectivity index (χ0n) is 10.4. The molecule has 0 amide bonds. The van der Waals surface area contributed by atoms with Gasteiger partial charge in [-0.3, -0.25) is 4.79 Å². The standard InChI is InChI=1S/C14H12FNO3S/c15-12-8-4-5-9-14(12)20(18,19)16-10-13(17)11-6-2-1-3-7-11/h1-9,16H,10H2. The van der Waals surface area contributed by atoms with Gasteiger partial charge in [-0.05, 0) is 12.1 Å². The minimum Gasteiger partial charge on any atom is -0.293 e. The fourth-order valence-corrected chi connectivity index (χ4v) is 2.69. The summed E-state index contributed by atoms with van der Waals surface area (Å²) in [5.74, 6) is -1.24. The second-order valence-corrected chi connectivity index (χ2v) is 5.78. The summed E-state index contributed by atoms with van der Waals surface area (Å²) >= 11 is 0. The van der Waals surface area contributed by atoms with Crippen LogP contribution in [0.1, 0.15) is 10.4 Å². The third-order valence-electron chi connectivity index (χ3n) is 2.64. The van der Waals surface area contributed by atoms with E-state index in [0.29, 0.717) is 5.56 Å². The molecule has 4 nitrogen and oxygen atoms in total. The van der Waals surface area contributed by atoms with Gasteiger partial charge in [-0.15, -0.1) is 0 Å². The molecule has 2 aromatic rings. The smallest absolute Gasteiger partial charge is 0.243 e. The van der Waals surface area contributed by atoms with Crippen molar-refractivity contribution in [3.63, 3.8) is 0 Å². The van der Waals surface area contributed by atoms with E-state index in [1.54, 1.807) is 30.3 Å². The van der Waals surface area contributed by atoms with Gasteiger partial charge in [0.25, 0.3) is 0 Å².